The summed E-state index contributed by atoms with van der Waals surface area (Å²) in [6.45, 7) is 8.91. The van der Waals surface area contributed by atoms with Gasteiger partial charge < -0.3 is 5.32 Å². The molecule has 3 nitrogen and oxygen atoms in total. The number of piperazine rings is 1. The summed E-state index contributed by atoms with van der Waals surface area (Å²) in [5.41, 5.74) is 2.49. The number of fused-ring (bicyclic) bond motifs is 1. The zero-order valence-electron chi connectivity index (χ0n) is 12.3. The molecule has 0 amide bonds. The predicted molar refractivity (Wildman–Crippen MR) is 83.6 cm³/mol. The van der Waals surface area contributed by atoms with E-state index in [1.165, 1.54) is 10.9 Å². The molecule has 1 atom stereocenters. The molecule has 0 spiro atoms. The van der Waals surface area contributed by atoms with Crippen LogP contribution in [0.5, 0.6) is 0 Å². The van der Waals surface area contributed by atoms with Crippen LogP contribution < -0.4 is 5.32 Å². The first-order chi connectivity index (χ1) is 9.74. The highest BCUT2D eigenvalue weighted by atomic mass is 15.2. The largest absolute Gasteiger partial charge is 0.311 e. The van der Waals surface area contributed by atoms with Gasteiger partial charge in [0.1, 0.15) is 0 Å². The summed E-state index contributed by atoms with van der Waals surface area (Å²) >= 11 is 0. The van der Waals surface area contributed by atoms with E-state index in [-0.39, 0.29) is 0 Å². The van der Waals surface area contributed by atoms with Crippen molar-refractivity contribution in [2.45, 2.75) is 26.4 Å². The molecular weight excluding hydrogens is 246 g/mol. The first-order valence-corrected chi connectivity index (χ1v) is 7.52. The third-order valence-corrected chi connectivity index (χ3v) is 4.20. The zero-order chi connectivity index (χ0) is 13.9. The van der Waals surface area contributed by atoms with Gasteiger partial charge in [-0.2, -0.15) is 0 Å². The molecule has 20 heavy (non-hydrogen) atoms. The maximum Gasteiger partial charge on any atom is 0.0746 e. The van der Waals surface area contributed by atoms with Gasteiger partial charge in [-0.1, -0.05) is 38.1 Å². The van der Waals surface area contributed by atoms with Crippen molar-refractivity contribution in [1.82, 2.24) is 15.2 Å². The van der Waals surface area contributed by atoms with Gasteiger partial charge in [0.05, 0.1) is 5.52 Å². The molecule has 0 radical (unpaired) electrons. The van der Waals surface area contributed by atoms with E-state index in [1.54, 1.807) is 0 Å². The monoisotopic (exact) mass is 269 g/mol. The Morgan fingerprint density at radius 1 is 1.30 bits per heavy atom. The smallest absolute Gasteiger partial charge is 0.0746 e. The normalized spacial score (nSPS) is 20.6. The van der Waals surface area contributed by atoms with Crippen LogP contribution >= 0.6 is 0 Å². The number of nitrogens with one attached hydrogen (secondary N) is 1. The summed E-state index contributed by atoms with van der Waals surface area (Å²) in [4.78, 5) is 7.10. The van der Waals surface area contributed by atoms with Gasteiger partial charge in [-0.25, -0.2) is 0 Å². The summed E-state index contributed by atoms with van der Waals surface area (Å²) in [6, 6.07) is 11.2. The fraction of sp³-hybridized carbons (Fsp3) is 0.471. The van der Waals surface area contributed by atoms with Crippen molar-refractivity contribution in [3.8, 4) is 0 Å². The first kappa shape index (κ1) is 13.5. The molecule has 1 aromatic carbocycles. The molecule has 1 N–H and O–H groups in total. The van der Waals surface area contributed by atoms with Crippen LogP contribution in [0.4, 0.5) is 0 Å². The Morgan fingerprint density at radius 3 is 3.00 bits per heavy atom. The van der Waals surface area contributed by atoms with Crippen molar-refractivity contribution in [2.75, 3.05) is 19.6 Å². The van der Waals surface area contributed by atoms with Crippen LogP contribution in [0, 0.1) is 5.92 Å². The van der Waals surface area contributed by atoms with Crippen molar-refractivity contribution in [3.63, 3.8) is 0 Å². The topological polar surface area (TPSA) is 28.2 Å². The Hall–Kier alpha value is -1.45. The lowest BCUT2D eigenvalue weighted by atomic mass is 10.0. The standard InChI is InChI=1S/C17H23N3/c1-13(2)16-12-20(10-9-18-16)11-15-6-3-5-14-7-4-8-19-17(14)15/h3-8,13,16,18H,9-12H2,1-2H3. The average molecular weight is 269 g/mol. The molecule has 106 valence electrons. The fourth-order valence-electron chi connectivity index (χ4n) is 2.97. The minimum absolute atomic E-state index is 0.603. The number of rotatable bonds is 3. The Balaban J connectivity index is 1.79. The highest BCUT2D eigenvalue weighted by molar-refractivity contribution is 5.81. The number of nitrogens with zero attached hydrogens (tertiary/aromatic N) is 2. The molecule has 0 bridgehead atoms. The SMILES string of the molecule is CC(C)C1CN(Cc2cccc3cccnc23)CCN1. The summed E-state index contributed by atoms with van der Waals surface area (Å²) in [5, 5.41) is 4.85. The number of aromatic nitrogens is 1. The van der Waals surface area contributed by atoms with Gasteiger partial charge in [-0.05, 0) is 17.5 Å². The molecule has 2 heterocycles. The quantitative estimate of drug-likeness (QED) is 0.928. The minimum atomic E-state index is 0.603. The number of pyridine rings is 1. The van der Waals surface area contributed by atoms with Crippen LogP contribution in [-0.4, -0.2) is 35.6 Å². The van der Waals surface area contributed by atoms with E-state index in [0.717, 1.165) is 31.7 Å². The van der Waals surface area contributed by atoms with Crippen LogP contribution in [-0.2, 0) is 6.54 Å². The lowest BCUT2D eigenvalue weighted by Crippen LogP contribution is -2.52. The van der Waals surface area contributed by atoms with E-state index in [4.69, 9.17) is 0 Å². The van der Waals surface area contributed by atoms with E-state index < -0.39 is 0 Å². The molecule has 1 aliphatic heterocycles. The molecule has 1 fully saturated rings. The minimum Gasteiger partial charge on any atom is -0.311 e. The van der Waals surface area contributed by atoms with Crippen LogP contribution in [0.3, 0.4) is 0 Å². The highest BCUT2D eigenvalue weighted by Gasteiger charge is 2.22. The van der Waals surface area contributed by atoms with E-state index >= 15 is 0 Å². The fourth-order valence-corrected chi connectivity index (χ4v) is 2.97. The zero-order valence-corrected chi connectivity index (χ0v) is 12.3. The van der Waals surface area contributed by atoms with Gasteiger partial charge in [0.2, 0.25) is 0 Å². The molecule has 1 unspecified atom stereocenters. The molecule has 3 rings (SSSR count). The second kappa shape index (κ2) is 5.90. The Labute approximate surface area is 121 Å². The molecule has 0 saturated carbocycles. The van der Waals surface area contributed by atoms with Gasteiger partial charge in [0.15, 0.2) is 0 Å². The van der Waals surface area contributed by atoms with Crippen molar-refractivity contribution in [2.24, 2.45) is 5.92 Å². The van der Waals surface area contributed by atoms with Crippen LogP contribution in [0.2, 0.25) is 0 Å². The summed E-state index contributed by atoms with van der Waals surface area (Å²) in [7, 11) is 0. The van der Waals surface area contributed by atoms with Gasteiger partial charge >= 0.3 is 0 Å². The Morgan fingerprint density at radius 2 is 2.15 bits per heavy atom. The first-order valence-electron chi connectivity index (χ1n) is 7.52. The number of hydrogen-bond donors (Lipinski definition) is 1. The number of hydrogen-bond acceptors (Lipinski definition) is 3. The molecular formula is C17H23N3. The summed E-state index contributed by atoms with van der Waals surface area (Å²) < 4.78 is 0. The predicted octanol–water partition coefficient (Wildman–Crippen LogP) is 2.66. The Bertz CT molecular complexity index is 574. The van der Waals surface area contributed by atoms with E-state index in [2.05, 4.69) is 53.3 Å². The third kappa shape index (κ3) is 2.84. The van der Waals surface area contributed by atoms with Gasteiger partial charge in [-0.3, -0.25) is 9.88 Å². The molecule has 2 aromatic rings. The molecule has 3 heteroatoms. The lowest BCUT2D eigenvalue weighted by Gasteiger charge is -2.35. The van der Waals surface area contributed by atoms with Crippen molar-refractivity contribution < 1.29 is 0 Å². The van der Waals surface area contributed by atoms with Gasteiger partial charge in [0, 0.05) is 43.8 Å². The van der Waals surface area contributed by atoms with Gasteiger partial charge in [-0.15, -0.1) is 0 Å². The summed E-state index contributed by atoms with van der Waals surface area (Å²) in [6.07, 6.45) is 1.89. The molecule has 1 saturated heterocycles. The van der Waals surface area contributed by atoms with Crippen LogP contribution in [0.15, 0.2) is 36.5 Å². The maximum atomic E-state index is 4.56. The number of para-hydroxylation sites is 1. The second-order valence-corrected chi connectivity index (χ2v) is 6.03. The van der Waals surface area contributed by atoms with E-state index in [1.807, 2.05) is 12.3 Å². The van der Waals surface area contributed by atoms with E-state index in [9.17, 15) is 0 Å². The number of benzene rings is 1. The molecule has 1 aliphatic rings. The van der Waals surface area contributed by atoms with Crippen LogP contribution in [0.25, 0.3) is 10.9 Å². The maximum absolute atomic E-state index is 4.56. The van der Waals surface area contributed by atoms with Gasteiger partial charge in [0.25, 0.3) is 0 Å². The van der Waals surface area contributed by atoms with Crippen molar-refractivity contribution in [3.05, 3.63) is 42.1 Å². The second-order valence-electron chi connectivity index (χ2n) is 6.03. The Kier molecular flexibility index (Phi) is 3.99. The van der Waals surface area contributed by atoms with Crippen LogP contribution in [0.1, 0.15) is 19.4 Å². The average Bonchev–Trinajstić information content (AvgIpc) is 2.48. The van der Waals surface area contributed by atoms with Crippen molar-refractivity contribution >= 4 is 10.9 Å². The molecule has 0 aliphatic carbocycles. The molecule has 1 aromatic heterocycles. The van der Waals surface area contributed by atoms with E-state index in [0.29, 0.717) is 12.0 Å². The summed E-state index contributed by atoms with van der Waals surface area (Å²) in [5.74, 6) is 0.684. The van der Waals surface area contributed by atoms with Crippen molar-refractivity contribution in [1.29, 1.82) is 0 Å². The third-order valence-electron chi connectivity index (χ3n) is 4.20. The lowest BCUT2D eigenvalue weighted by molar-refractivity contribution is 0.169. The highest BCUT2D eigenvalue weighted by Crippen LogP contribution is 2.19.